The fourth-order valence-electron chi connectivity index (χ4n) is 5.40. The molecule has 0 aromatic heterocycles. The molecule has 1 N–H and O–H groups in total. The van der Waals surface area contributed by atoms with E-state index in [9.17, 15) is 22.4 Å². The first kappa shape index (κ1) is 35.8. The minimum Gasteiger partial charge on any atom is -0.457 e. The highest BCUT2D eigenvalue weighted by atomic mass is 32.2. The van der Waals surface area contributed by atoms with Gasteiger partial charge in [0.25, 0.3) is 10.0 Å². The summed E-state index contributed by atoms with van der Waals surface area (Å²) in [5.41, 5.74) is 1.64. The van der Waals surface area contributed by atoms with Crippen LogP contribution in [0.5, 0.6) is 11.5 Å². The van der Waals surface area contributed by atoms with Crippen LogP contribution >= 0.6 is 0 Å². The molecule has 0 aliphatic carbocycles. The highest BCUT2D eigenvalue weighted by Crippen LogP contribution is 2.29. The van der Waals surface area contributed by atoms with E-state index in [0.29, 0.717) is 23.6 Å². The van der Waals surface area contributed by atoms with Crippen molar-refractivity contribution >= 4 is 27.5 Å². The SMILES string of the molecule is CCCCNC(=O)[C@@H](Cc1ccccc1)N(Cc1ccc(F)cc1)C(=O)CN(c1ccc(Oc2ccccc2)cc1)S(=O)(=O)c1ccccc1. The molecule has 5 aromatic carbocycles. The van der Waals surface area contributed by atoms with Crippen molar-refractivity contribution in [3.63, 3.8) is 0 Å². The van der Waals surface area contributed by atoms with Crippen LogP contribution in [0.15, 0.2) is 144 Å². The number of nitrogens with one attached hydrogen (secondary N) is 1. The number of hydrogen-bond donors (Lipinski definition) is 1. The van der Waals surface area contributed by atoms with E-state index in [-0.39, 0.29) is 29.5 Å². The number of unbranched alkanes of at least 4 members (excludes halogenated alkanes) is 1. The summed E-state index contributed by atoms with van der Waals surface area (Å²) in [6, 6.07) is 37.5. The smallest absolute Gasteiger partial charge is 0.264 e. The maximum Gasteiger partial charge on any atom is 0.264 e. The molecule has 0 aliphatic heterocycles. The van der Waals surface area contributed by atoms with Crippen LogP contribution in [0.2, 0.25) is 0 Å². The lowest BCUT2D eigenvalue weighted by Crippen LogP contribution is -2.53. The Morgan fingerprint density at radius 2 is 1.32 bits per heavy atom. The molecule has 258 valence electrons. The van der Waals surface area contributed by atoms with Gasteiger partial charge < -0.3 is 15.0 Å². The lowest BCUT2D eigenvalue weighted by Gasteiger charge is -2.34. The Morgan fingerprint density at radius 1 is 0.740 bits per heavy atom. The Balaban J connectivity index is 1.53. The van der Waals surface area contributed by atoms with Crippen LogP contribution in [0, 0.1) is 5.82 Å². The van der Waals surface area contributed by atoms with E-state index in [2.05, 4.69) is 5.32 Å². The lowest BCUT2D eigenvalue weighted by molar-refractivity contribution is -0.140. The van der Waals surface area contributed by atoms with Crippen molar-refractivity contribution in [2.24, 2.45) is 0 Å². The molecule has 5 rings (SSSR count). The summed E-state index contributed by atoms with van der Waals surface area (Å²) in [6.07, 6.45) is 1.80. The Labute approximate surface area is 293 Å². The van der Waals surface area contributed by atoms with Crippen LogP contribution in [0.25, 0.3) is 0 Å². The van der Waals surface area contributed by atoms with Crippen molar-refractivity contribution in [3.05, 3.63) is 156 Å². The summed E-state index contributed by atoms with van der Waals surface area (Å²) in [6.45, 7) is 1.77. The average Bonchev–Trinajstić information content (AvgIpc) is 3.14. The zero-order valence-electron chi connectivity index (χ0n) is 27.8. The molecule has 0 heterocycles. The summed E-state index contributed by atoms with van der Waals surface area (Å²) in [5, 5.41) is 2.96. The Hall–Kier alpha value is -5.48. The number of para-hydroxylation sites is 1. The van der Waals surface area contributed by atoms with Gasteiger partial charge in [-0.2, -0.15) is 0 Å². The van der Waals surface area contributed by atoms with Gasteiger partial charge in [0.05, 0.1) is 10.6 Å². The molecule has 5 aromatic rings. The van der Waals surface area contributed by atoms with Crippen molar-refractivity contribution in [1.29, 1.82) is 0 Å². The number of benzene rings is 5. The third-order valence-corrected chi connectivity index (χ3v) is 9.87. The van der Waals surface area contributed by atoms with Gasteiger partial charge in [0, 0.05) is 19.5 Å². The van der Waals surface area contributed by atoms with Crippen molar-refractivity contribution in [1.82, 2.24) is 10.2 Å². The van der Waals surface area contributed by atoms with Crippen LogP contribution < -0.4 is 14.4 Å². The highest BCUT2D eigenvalue weighted by Gasteiger charge is 2.34. The number of rotatable bonds is 16. The van der Waals surface area contributed by atoms with E-state index >= 15 is 0 Å². The fourth-order valence-corrected chi connectivity index (χ4v) is 6.84. The summed E-state index contributed by atoms with van der Waals surface area (Å²) < 4.78 is 49.3. The van der Waals surface area contributed by atoms with E-state index in [1.165, 1.54) is 29.2 Å². The fraction of sp³-hybridized carbons (Fsp3) is 0.200. The predicted molar refractivity (Wildman–Crippen MR) is 193 cm³/mol. The van der Waals surface area contributed by atoms with Gasteiger partial charge in [-0.1, -0.05) is 92.2 Å². The first-order chi connectivity index (χ1) is 24.2. The monoisotopic (exact) mass is 693 g/mol. The molecule has 2 amide bonds. The van der Waals surface area contributed by atoms with Crippen LogP contribution in [0.3, 0.4) is 0 Å². The predicted octanol–water partition coefficient (Wildman–Crippen LogP) is 7.37. The van der Waals surface area contributed by atoms with Crippen molar-refractivity contribution in [2.75, 3.05) is 17.4 Å². The zero-order chi connectivity index (χ0) is 35.3. The Bertz CT molecular complexity index is 1930. The number of sulfonamides is 1. The molecule has 0 saturated heterocycles. The van der Waals surface area contributed by atoms with E-state index in [1.54, 1.807) is 66.7 Å². The molecule has 50 heavy (non-hydrogen) atoms. The number of carbonyl (C=O) groups excluding carboxylic acids is 2. The third-order valence-electron chi connectivity index (χ3n) is 8.08. The largest absolute Gasteiger partial charge is 0.457 e. The molecule has 0 bridgehead atoms. The van der Waals surface area contributed by atoms with Crippen molar-refractivity contribution in [2.45, 2.75) is 43.7 Å². The number of carbonyl (C=O) groups is 2. The number of ether oxygens (including phenoxy) is 1. The summed E-state index contributed by atoms with van der Waals surface area (Å²) in [7, 11) is -4.26. The second kappa shape index (κ2) is 17.3. The van der Waals surface area contributed by atoms with Gasteiger partial charge in [0.2, 0.25) is 11.8 Å². The number of hydrogen-bond acceptors (Lipinski definition) is 5. The molecular formula is C40H40FN3O5S. The second-order valence-electron chi connectivity index (χ2n) is 11.7. The second-order valence-corrected chi connectivity index (χ2v) is 13.6. The quantitative estimate of drug-likeness (QED) is 0.109. The van der Waals surface area contributed by atoms with Gasteiger partial charge in [-0.15, -0.1) is 0 Å². The molecule has 0 saturated carbocycles. The van der Waals surface area contributed by atoms with Gasteiger partial charge >= 0.3 is 0 Å². The molecule has 0 fully saturated rings. The zero-order valence-corrected chi connectivity index (χ0v) is 28.6. The summed E-state index contributed by atoms with van der Waals surface area (Å²) >= 11 is 0. The summed E-state index contributed by atoms with van der Waals surface area (Å²) in [5.74, 6) is -0.317. The van der Waals surface area contributed by atoms with Gasteiger partial charge in [0.1, 0.15) is 29.9 Å². The van der Waals surface area contributed by atoms with E-state index in [4.69, 9.17) is 4.74 Å². The number of halogens is 1. The van der Waals surface area contributed by atoms with Crippen LogP contribution in [0.1, 0.15) is 30.9 Å². The standard InChI is InChI=1S/C40H40FN3O5S/c1-2-3-27-42-40(46)38(28-31-13-7-4-8-14-31)43(29-32-19-21-33(41)22-20-32)39(45)30-44(50(47,48)37-17-11-6-12-18-37)34-23-25-36(26-24-34)49-35-15-9-5-10-16-35/h4-26,38H,2-3,27-30H2,1H3,(H,42,46)/t38-/m1/s1. The van der Waals surface area contributed by atoms with Crippen LogP contribution in [-0.2, 0) is 32.6 Å². The minimum atomic E-state index is -4.26. The Morgan fingerprint density at radius 3 is 1.94 bits per heavy atom. The van der Waals surface area contributed by atoms with Gasteiger partial charge in [-0.25, -0.2) is 12.8 Å². The molecule has 0 unspecified atom stereocenters. The molecule has 0 spiro atoms. The topological polar surface area (TPSA) is 96.0 Å². The van der Waals surface area contributed by atoms with E-state index < -0.39 is 34.3 Å². The maximum absolute atomic E-state index is 14.6. The first-order valence-electron chi connectivity index (χ1n) is 16.5. The maximum atomic E-state index is 14.6. The normalized spacial score (nSPS) is 11.7. The van der Waals surface area contributed by atoms with Gasteiger partial charge in [-0.05, 0) is 78.2 Å². The number of amides is 2. The molecular weight excluding hydrogens is 654 g/mol. The number of nitrogens with zero attached hydrogens (tertiary/aromatic N) is 2. The molecule has 1 atom stereocenters. The number of anilines is 1. The highest BCUT2D eigenvalue weighted by molar-refractivity contribution is 7.92. The first-order valence-corrected chi connectivity index (χ1v) is 17.9. The molecule has 0 aliphatic rings. The van der Waals surface area contributed by atoms with Crippen molar-refractivity contribution < 1.29 is 27.1 Å². The molecule has 10 heteroatoms. The molecule has 8 nitrogen and oxygen atoms in total. The van der Waals surface area contributed by atoms with Crippen LogP contribution in [0.4, 0.5) is 10.1 Å². The Kier molecular flexibility index (Phi) is 12.4. The minimum absolute atomic E-state index is 0.000593. The summed E-state index contributed by atoms with van der Waals surface area (Å²) in [4.78, 5) is 29.8. The third kappa shape index (κ3) is 9.57. The van der Waals surface area contributed by atoms with E-state index in [0.717, 1.165) is 22.7 Å². The van der Waals surface area contributed by atoms with Gasteiger partial charge in [0.15, 0.2) is 0 Å². The lowest BCUT2D eigenvalue weighted by atomic mass is 10.0. The van der Waals surface area contributed by atoms with Gasteiger partial charge in [-0.3, -0.25) is 13.9 Å². The molecule has 0 radical (unpaired) electrons. The van der Waals surface area contributed by atoms with Crippen LogP contribution in [-0.4, -0.2) is 44.3 Å². The van der Waals surface area contributed by atoms with E-state index in [1.807, 2.05) is 55.5 Å². The average molecular weight is 694 g/mol. The van der Waals surface area contributed by atoms with Crippen molar-refractivity contribution in [3.8, 4) is 11.5 Å².